The molecular formula is C17H25N3O3. The van der Waals surface area contributed by atoms with Crippen LogP contribution in [0.2, 0.25) is 0 Å². The molecule has 6 heteroatoms. The van der Waals surface area contributed by atoms with Gasteiger partial charge in [-0.1, -0.05) is 0 Å². The summed E-state index contributed by atoms with van der Waals surface area (Å²) in [7, 11) is 3.66. The van der Waals surface area contributed by atoms with Crippen LogP contribution < -0.4 is 9.64 Å². The number of amides is 2. The van der Waals surface area contributed by atoms with Crippen LogP contribution in [0, 0.1) is 0 Å². The third-order valence-corrected chi connectivity index (χ3v) is 4.17. The molecule has 1 aromatic carbocycles. The Kier molecular flexibility index (Phi) is 5.98. The summed E-state index contributed by atoms with van der Waals surface area (Å²) in [6, 6.07) is 7.29. The number of nitrogens with zero attached hydrogens (tertiary/aromatic N) is 3. The lowest BCUT2D eigenvalue weighted by molar-refractivity contribution is -0.132. The molecule has 1 aliphatic rings. The smallest absolute Gasteiger partial charge is 0.224 e. The first-order chi connectivity index (χ1) is 11.0. The highest BCUT2D eigenvalue weighted by Crippen LogP contribution is 2.20. The lowest BCUT2D eigenvalue weighted by Gasteiger charge is -2.33. The Morgan fingerprint density at radius 3 is 2.26 bits per heavy atom. The predicted molar refractivity (Wildman–Crippen MR) is 89.7 cm³/mol. The van der Waals surface area contributed by atoms with Gasteiger partial charge in [0.2, 0.25) is 11.8 Å². The summed E-state index contributed by atoms with van der Waals surface area (Å²) in [6.07, 6.45) is 0.343. The van der Waals surface area contributed by atoms with Crippen molar-refractivity contribution in [2.75, 3.05) is 51.8 Å². The largest absolute Gasteiger partial charge is 0.497 e. The Bertz CT molecular complexity index is 537. The van der Waals surface area contributed by atoms with Crippen molar-refractivity contribution in [3.63, 3.8) is 0 Å². The van der Waals surface area contributed by atoms with Crippen LogP contribution in [0.1, 0.15) is 13.3 Å². The molecule has 0 aromatic heterocycles. The molecule has 0 radical (unpaired) electrons. The van der Waals surface area contributed by atoms with E-state index in [9.17, 15) is 9.59 Å². The number of methoxy groups -OCH3 is 1. The number of piperazine rings is 1. The van der Waals surface area contributed by atoms with Gasteiger partial charge in [0, 0.05) is 51.8 Å². The summed E-state index contributed by atoms with van der Waals surface area (Å²) >= 11 is 0. The monoisotopic (exact) mass is 319 g/mol. The Labute approximate surface area is 137 Å². The van der Waals surface area contributed by atoms with Crippen LogP contribution in [0.3, 0.4) is 0 Å². The van der Waals surface area contributed by atoms with Gasteiger partial charge in [0.05, 0.1) is 7.11 Å². The van der Waals surface area contributed by atoms with Gasteiger partial charge in [0.25, 0.3) is 0 Å². The van der Waals surface area contributed by atoms with E-state index in [1.165, 1.54) is 6.92 Å². The maximum absolute atomic E-state index is 12.3. The van der Waals surface area contributed by atoms with Crippen LogP contribution in [-0.2, 0) is 9.59 Å². The topological polar surface area (TPSA) is 53.1 Å². The molecule has 23 heavy (non-hydrogen) atoms. The van der Waals surface area contributed by atoms with Crippen molar-refractivity contribution in [2.45, 2.75) is 13.3 Å². The molecule has 0 aliphatic carbocycles. The van der Waals surface area contributed by atoms with Gasteiger partial charge in [0.1, 0.15) is 5.75 Å². The van der Waals surface area contributed by atoms with E-state index in [-0.39, 0.29) is 11.8 Å². The molecule has 0 atom stereocenters. The maximum Gasteiger partial charge on any atom is 0.224 e. The Morgan fingerprint density at radius 1 is 1.13 bits per heavy atom. The molecule has 0 bridgehead atoms. The molecule has 1 saturated heterocycles. The molecule has 2 amide bonds. The zero-order valence-corrected chi connectivity index (χ0v) is 14.1. The SMILES string of the molecule is COc1ccc(N(CCC(=O)N2CCN(C)CC2)C(C)=O)cc1. The second-order valence-corrected chi connectivity index (χ2v) is 5.80. The zero-order chi connectivity index (χ0) is 16.8. The number of carbonyl (C=O) groups excluding carboxylic acids is 2. The number of ether oxygens (including phenoxy) is 1. The second-order valence-electron chi connectivity index (χ2n) is 5.80. The van der Waals surface area contributed by atoms with E-state index >= 15 is 0 Å². The quantitative estimate of drug-likeness (QED) is 0.819. The van der Waals surface area contributed by atoms with Crippen LogP contribution in [0.5, 0.6) is 5.75 Å². The number of anilines is 1. The molecule has 6 nitrogen and oxygen atoms in total. The van der Waals surface area contributed by atoms with E-state index in [4.69, 9.17) is 4.74 Å². The van der Waals surface area contributed by atoms with Crippen LogP contribution in [0.25, 0.3) is 0 Å². The fourth-order valence-corrected chi connectivity index (χ4v) is 2.65. The van der Waals surface area contributed by atoms with Gasteiger partial charge in [-0.25, -0.2) is 0 Å². The molecule has 2 rings (SSSR count). The Morgan fingerprint density at radius 2 is 1.74 bits per heavy atom. The molecule has 126 valence electrons. The van der Waals surface area contributed by atoms with Gasteiger partial charge >= 0.3 is 0 Å². The van der Waals surface area contributed by atoms with Gasteiger partial charge in [-0.15, -0.1) is 0 Å². The molecule has 0 unspecified atom stereocenters. The number of hydrogen-bond acceptors (Lipinski definition) is 4. The van der Waals surface area contributed by atoms with E-state index < -0.39 is 0 Å². The minimum absolute atomic E-state index is 0.0682. The molecule has 1 aromatic rings. The van der Waals surface area contributed by atoms with E-state index in [1.54, 1.807) is 12.0 Å². The first kappa shape index (κ1) is 17.3. The second kappa shape index (κ2) is 7.97. The first-order valence-corrected chi connectivity index (χ1v) is 7.89. The predicted octanol–water partition coefficient (Wildman–Crippen LogP) is 1.21. The molecule has 0 N–H and O–H groups in total. The molecule has 0 saturated carbocycles. The third-order valence-electron chi connectivity index (χ3n) is 4.17. The lowest BCUT2D eigenvalue weighted by Crippen LogP contribution is -2.47. The highest BCUT2D eigenvalue weighted by atomic mass is 16.5. The molecule has 0 spiro atoms. The molecule has 1 aliphatic heterocycles. The average molecular weight is 319 g/mol. The summed E-state index contributed by atoms with van der Waals surface area (Å²) in [5.74, 6) is 0.782. The minimum atomic E-state index is -0.0682. The molecular weight excluding hydrogens is 294 g/mol. The Balaban J connectivity index is 1.94. The van der Waals surface area contributed by atoms with Crippen molar-refractivity contribution in [3.8, 4) is 5.75 Å². The maximum atomic E-state index is 12.3. The van der Waals surface area contributed by atoms with Crippen molar-refractivity contribution >= 4 is 17.5 Å². The minimum Gasteiger partial charge on any atom is -0.497 e. The summed E-state index contributed by atoms with van der Waals surface area (Å²) in [5, 5.41) is 0. The van der Waals surface area contributed by atoms with Crippen molar-refractivity contribution in [3.05, 3.63) is 24.3 Å². The van der Waals surface area contributed by atoms with Gasteiger partial charge in [-0.2, -0.15) is 0 Å². The summed E-state index contributed by atoms with van der Waals surface area (Å²) in [5.41, 5.74) is 0.782. The number of carbonyl (C=O) groups is 2. The fourth-order valence-electron chi connectivity index (χ4n) is 2.65. The fraction of sp³-hybridized carbons (Fsp3) is 0.529. The number of likely N-dealkylation sites (N-methyl/N-ethyl adjacent to an activating group) is 1. The van der Waals surface area contributed by atoms with Crippen molar-refractivity contribution < 1.29 is 14.3 Å². The van der Waals surface area contributed by atoms with Gasteiger partial charge in [0.15, 0.2) is 0 Å². The van der Waals surface area contributed by atoms with E-state index in [2.05, 4.69) is 11.9 Å². The highest BCUT2D eigenvalue weighted by molar-refractivity contribution is 5.92. The van der Waals surface area contributed by atoms with Gasteiger partial charge < -0.3 is 19.4 Å². The lowest BCUT2D eigenvalue weighted by atomic mass is 10.2. The van der Waals surface area contributed by atoms with Crippen LogP contribution in [-0.4, -0.2) is 68.5 Å². The summed E-state index contributed by atoms with van der Waals surface area (Å²) < 4.78 is 5.13. The third kappa shape index (κ3) is 4.69. The van der Waals surface area contributed by atoms with Crippen LogP contribution >= 0.6 is 0 Å². The first-order valence-electron chi connectivity index (χ1n) is 7.89. The van der Waals surface area contributed by atoms with E-state index in [0.717, 1.165) is 37.6 Å². The van der Waals surface area contributed by atoms with Crippen molar-refractivity contribution in [1.29, 1.82) is 0 Å². The highest BCUT2D eigenvalue weighted by Gasteiger charge is 2.20. The van der Waals surface area contributed by atoms with Crippen molar-refractivity contribution in [2.24, 2.45) is 0 Å². The van der Waals surface area contributed by atoms with Crippen LogP contribution in [0.4, 0.5) is 5.69 Å². The van der Waals surface area contributed by atoms with Crippen molar-refractivity contribution in [1.82, 2.24) is 9.80 Å². The standard InChI is InChI=1S/C17H25N3O3/c1-14(21)20(15-4-6-16(23-3)7-5-15)9-8-17(22)19-12-10-18(2)11-13-19/h4-7H,8-13H2,1-3H3. The number of benzene rings is 1. The molecule has 1 heterocycles. The normalized spacial score (nSPS) is 15.3. The average Bonchev–Trinajstić information content (AvgIpc) is 2.55. The van der Waals surface area contributed by atoms with Gasteiger partial charge in [-0.05, 0) is 31.3 Å². The molecule has 1 fully saturated rings. The number of rotatable bonds is 5. The van der Waals surface area contributed by atoms with Crippen LogP contribution in [0.15, 0.2) is 24.3 Å². The van der Waals surface area contributed by atoms with Gasteiger partial charge in [-0.3, -0.25) is 9.59 Å². The number of hydrogen-bond donors (Lipinski definition) is 0. The zero-order valence-electron chi connectivity index (χ0n) is 14.1. The summed E-state index contributed by atoms with van der Waals surface area (Å²) in [4.78, 5) is 29.9. The van der Waals surface area contributed by atoms with E-state index in [1.807, 2.05) is 29.2 Å². The Hall–Kier alpha value is -2.08. The van der Waals surface area contributed by atoms with E-state index in [0.29, 0.717) is 13.0 Å². The summed E-state index contributed by atoms with van der Waals surface area (Å²) in [6.45, 7) is 5.24.